The van der Waals surface area contributed by atoms with Crippen molar-refractivity contribution in [3.8, 4) is 6.07 Å². The maximum atomic E-state index is 9.48. The van der Waals surface area contributed by atoms with Crippen molar-refractivity contribution >= 4 is 0 Å². The highest BCUT2D eigenvalue weighted by Gasteiger charge is 2.32. The highest BCUT2D eigenvalue weighted by Crippen LogP contribution is 2.32. The number of rotatable bonds is 2. The van der Waals surface area contributed by atoms with Crippen LogP contribution in [0.4, 0.5) is 0 Å². The van der Waals surface area contributed by atoms with Crippen molar-refractivity contribution in [3.63, 3.8) is 0 Å². The second-order valence-electron chi connectivity index (χ2n) is 5.95. The maximum absolute atomic E-state index is 9.48. The molecule has 96 valence electrons. The molecule has 1 saturated carbocycles. The van der Waals surface area contributed by atoms with Crippen molar-refractivity contribution in [1.29, 1.82) is 5.26 Å². The second-order valence-corrected chi connectivity index (χ2v) is 5.95. The summed E-state index contributed by atoms with van der Waals surface area (Å²) in [5.41, 5.74) is 0. The molecule has 1 saturated heterocycles. The first-order chi connectivity index (χ1) is 8.20. The van der Waals surface area contributed by atoms with Gasteiger partial charge in [0, 0.05) is 26.2 Å². The lowest BCUT2D eigenvalue weighted by Crippen LogP contribution is -2.51. The van der Waals surface area contributed by atoms with Crippen LogP contribution < -0.4 is 0 Å². The largest absolute Gasteiger partial charge is 0.304 e. The average Bonchev–Trinajstić information content (AvgIpc) is 2.33. The molecule has 2 aliphatic rings. The van der Waals surface area contributed by atoms with E-state index < -0.39 is 0 Å². The Kier molecular flexibility index (Phi) is 4.42. The molecule has 0 aromatic heterocycles. The molecular weight excluding hydrogens is 210 g/mol. The van der Waals surface area contributed by atoms with Crippen molar-refractivity contribution in [2.45, 2.75) is 38.6 Å². The van der Waals surface area contributed by atoms with Crippen LogP contribution in [0.15, 0.2) is 0 Å². The van der Waals surface area contributed by atoms with Gasteiger partial charge in [0.2, 0.25) is 0 Å². The van der Waals surface area contributed by atoms with E-state index in [1.165, 1.54) is 25.7 Å². The van der Waals surface area contributed by atoms with Crippen LogP contribution in [0.5, 0.6) is 0 Å². The van der Waals surface area contributed by atoms with Crippen LogP contribution in [0.2, 0.25) is 0 Å². The van der Waals surface area contributed by atoms with Crippen LogP contribution in [-0.2, 0) is 0 Å². The predicted molar refractivity (Wildman–Crippen MR) is 69.6 cm³/mol. The fraction of sp³-hybridized carbons (Fsp3) is 0.929. The van der Waals surface area contributed by atoms with Crippen LogP contribution in [0.1, 0.15) is 32.6 Å². The summed E-state index contributed by atoms with van der Waals surface area (Å²) in [4.78, 5) is 4.77. The van der Waals surface area contributed by atoms with Gasteiger partial charge in [0.25, 0.3) is 0 Å². The predicted octanol–water partition coefficient (Wildman–Crippen LogP) is 1.95. The van der Waals surface area contributed by atoms with Gasteiger partial charge in [0.15, 0.2) is 0 Å². The van der Waals surface area contributed by atoms with E-state index in [1.807, 2.05) is 0 Å². The fourth-order valence-corrected chi connectivity index (χ4v) is 3.35. The average molecular weight is 235 g/mol. The van der Waals surface area contributed by atoms with E-state index in [9.17, 15) is 5.26 Å². The molecule has 0 N–H and O–H groups in total. The highest BCUT2D eigenvalue weighted by molar-refractivity contribution is 4.99. The Morgan fingerprint density at radius 3 is 2.47 bits per heavy atom. The molecule has 3 heteroatoms. The van der Waals surface area contributed by atoms with Gasteiger partial charge in [-0.05, 0) is 31.7 Å². The highest BCUT2D eigenvalue weighted by atomic mass is 15.3. The molecule has 0 radical (unpaired) electrons. The van der Waals surface area contributed by atoms with Gasteiger partial charge in [-0.25, -0.2) is 0 Å². The summed E-state index contributed by atoms with van der Waals surface area (Å²) >= 11 is 0. The number of nitriles is 1. The molecule has 2 fully saturated rings. The Morgan fingerprint density at radius 1 is 1.18 bits per heavy atom. The first-order valence-corrected chi connectivity index (χ1v) is 7.03. The Hall–Kier alpha value is -0.590. The second kappa shape index (κ2) is 5.84. The number of likely N-dealkylation sites (N-methyl/N-ethyl adjacent to an activating group) is 1. The monoisotopic (exact) mass is 235 g/mol. The zero-order valence-corrected chi connectivity index (χ0v) is 11.2. The molecule has 0 bridgehead atoms. The summed E-state index contributed by atoms with van der Waals surface area (Å²) in [6.07, 6.45) is 5.19. The zero-order chi connectivity index (χ0) is 12.3. The molecular formula is C14H25N3. The maximum Gasteiger partial charge on any atom is 0.101 e. The Balaban J connectivity index is 1.94. The zero-order valence-electron chi connectivity index (χ0n) is 11.2. The lowest BCUT2D eigenvalue weighted by atomic mass is 9.78. The molecule has 17 heavy (non-hydrogen) atoms. The summed E-state index contributed by atoms with van der Waals surface area (Å²) in [7, 11) is 2.17. The third-order valence-corrected chi connectivity index (χ3v) is 4.49. The molecule has 0 amide bonds. The third-order valence-electron chi connectivity index (χ3n) is 4.49. The van der Waals surface area contributed by atoms with Gasteiger partial charge >= 0.3 is 0 Å². The minimum atomic E-state index is 0.173. The quantitative estimate of drug-likeness (QED) is 0.733. The van der Waals surface area contributed by atoms with Crippen LogP contribution in [0.3, 0.4) is 0 Å². The minimum absolute atomic E-state index is 0.173. The molecule has 3 atom stereocenters. The molecule has 3 unspecified atom stereocenters. The molecule has 1 aliphatic heterocycles. The Bertz CT molecular complexity index is 276. The number of hydrogen-bond donors (Lipinski definition) is 0. The van der Waals surface area contributed by atoms with Crippen molar-refractivity contribution in [1.82, 2.24) is 9.80 Å². The van der Waals surface area contributed by atoms with E-state index in [0.717, 1.165) is 32.1 Å². The van der Waals surface area contributed by atoms with Crippen molar-refractivity contribution in [3.05, 3.63) is 0 Å². The van der Waals surface area contributed by atoms with E-state index in [1.54, 1.807) is 0 Å². The topological polar surface area (TPSA) is 30.3 Å². The van der Waals surface area contributed by atoms with Crippen LogP contribution in [0.25, 0.3) is 0 Å². The number of hydrogen-bond acceptors (Lipinski definition) is 3. The van der Waals surface area contributed by atoms with Gasteiger partial charge in [-0.2, -0.15) is 5.26 Å². The van der Waals surface area contributed by atoms with Gasteiger partial charge in [-0.3, -0.25) is 4.90 Å². The van der Waals surface area contributed by atoms with E-state index >= 15 is 0 Å². The third kappa shape index (κ3) is 3.20. The minimum Gasteiger partial charge on any atom is -0.304 e. The molecule has 2 rings (SSSR count). The molecule has 1 aliphatic carbocycles. The summed E-state index contributed by atoms with van der Waals surface area (Å²) in [6.45, 7) is 6.70. The Labute approximate surface area is 105 Å². The lowest BCUT2D eigenvalue weighted by Gasteiger charge is -2.40. The lowest BCUT2D eigenvalue weighted by molar-refractivity contribution is 0.0865. The first kappa shape index (κ1) is 12.9. The van der Waals surface area contributed by atoms with E-state index in [0.29, 0.717) is 5.92 Å². The van der Waals surface area contributed by atoms with Crippen LogP contribution >= 0.6 is 0 Å². The Morgan fingerprint density at radius 2 is 1.88 bits per heavy atom. The standard InChI is InChI=1S/C14H25N3/c1-12-4-3-5-13(10-12)14(11-15)17-8-6-16(2)7-9-17/h12-14H,3-10H2,1-2H3. The number of piperazine rings is 1. The summed E-state index contributed by atoms with van der Waals surface area (Å²) in [6, 6.07) is 2.76. The number of nitrogens with zero attached hydrogens (tertiary/aromatic N) is 3. The normalized spacial score (nSPS) is 34.2. The van der Waals surface area contributed by atoms with E-state index in [4.69, 9.17) is 0 Å². The molecule has 3 nitrogen and oxygen atoms in total. The molecule has 0 spiro atoms. The molecule has 0 aromatic carbocycles. The van der Waals surface area contributed by atoms with Gasteiger partial charge < -0.3 is 4.90 Å². The van der Waals surface area contributed by atoms with Crippen LogP contribution in [0, 0.1) is 23.2 Å². The summed E-state index contributed by atoms with van der Waals surface area (Å²) < 4.78 is 0. The van der Waals surface area contributed by atoms with Gasteiger partial charge in [-0.15, -0.1) is 0 Å². The summed E-state index contributed by atoms with van der Waals surface area (Å²) in [5, 5.41) is 9.48. The van der Waals surface area contributed by atoms with Gasteiger partial charge in [-0.1, -0.05) is 19.8 Å². The fourth-order valence-electron chi connectivity index (χ4n) is 3.35. The van der Waals surface area contributed by atoms with Gasteiger partial charge in [0.05, 0.1) is 6.07 Å². The smallest absolute Gasteiger partial charge is 0.101 e. The van der Waals surface area contributed by atoms with Crippen molar-refractivity contribution in [2.75, 3.05) is 33.2 Å². The van der Waals surface area contributed by atoms with E-state index in [2.05, 4.69) is 29.8 Å². The van der Waals surface area contributed by atoms with Gasteiger partial charge in [0.1, 0.15) is 6.04 Å². The van der Waals surface area contributed by atoms with Crippen LogP contribution in [-0.4, -0.2) is 49.1 Å². The first-order valence-electron chi connectivity index (χ1n) is 7.03. The molecule has 0 aromatic rings. The SMILES string of the molecule is CC1CCCC(C(C#N)N2CCN(C)CC2)C1. The summed E-state index contributed by atoms with van der Waals surface area (Å²) in [5.74, 6) is 1.43. The van der Waals surface area contributed by atoms with Crippen molar-refractivity contribution < 1.29 is 0 Å². The van der Waals surface area contributed by atoms with E-state index in [-0.39, 0.29) is 6.04 Å². The van der Waals surface area contributed by atoms with Crippen molar-refractivity contribution in [2.24, 2.45) is 11.8 Å². The molecule has 1 heterocycles.